The van der Waals surface area contributed by atoms with E-state index < -0.39 is 23.9 Å². The van der Waals surface area contributed by atoms with E-state index in [1.165, 1.54) is 23.1 Å². The number of benzene rings is 1. The first-order valence-electron chi connectivity index (χ1n) is 7.97. The van der Waals surface area contributed by atoms with E-state index in [2.05, 4.69) is 5.10 Å². The highest BCUT2D eigenvalue weighted by atomic mass is 19.4. The number of carbonyl (C=O) groups is 1. The predicted octanol–water partition coefficient (Wildman–Crippen LogP) is 2.63. The molecule has 2 unspecified atom stereocenters. The number of amides is 1. The highest BCUT2D eigenvalue weighted by molar-refractivity contribution is 5.77. The van der Waals surface area contributed by atoms with Crippen LogP contribution in [0.4, 0.5) is 13.2 Å². The summed E-state index contributed by atoms with van der Waals surface area (Å²) in [6.07, 6.45) is -1.83. The largest absolute Gasteiger partial charge is 0.416 e. The van der Waals surface area contributed by atoms with E-state index in [1.54, 1.807) is 23.1 Å². The van der Waals surface area contributed by atoms with Gasteiger partial charge < -0.3 is 10.0 Å². The van der Waals surface area contributed by atoms with Crippen molar-refractivity contribution in [2.24, 2.45) is 0 Å². The van der Waals surface area contributed by atoms with Crippen LogP contribution >= 0.6 is 0 Å². The lowest BCUT2D eigenvalue weighted by molar-refractivity contribution is -0.140. The van der Waals surface area contributed by atoms with Crippen LogP contribution in [0.3, 0.4) is 0 Å². The Labute approximate surface area is 142 Å². The fourth-order valence-electron chi connectivity index (χ4n) is 3.22. The Morgan fingerprint density at radius 3 is 2.72 bits per heavy atom. The molecule has 0 radical (unpaired) electrons. The quantitative estimate of drug-likeness (QED) is 0.919. The summed E-state index contributed by atoms with van der Waals surface area (Å²) in [7, 11) is 0. The fourth-order valence-corrected chi connectivity index (χ4v) is 3.22. The normalized spacial score (nSPS) is 20.9. The van der Waals surface area contributed by atoms with E-state index in [9.17, 15) is 23.1 Å². The maximum absolute atomic E-state index is 13.3. The van der Waals surface area contributed by atoms with Gasteiger partial charge in [-0.05, 0) is 24.1 Å². The lowest BCUT2D eigenvalue weighted by Crippen LogP contribution is -2.33. The van der Waals surface area contributed by atoms with E-state index in [1.807, 2.05) is 0 Å². The molecule has 5 nitrogen and oxygen atoms in total. The number of rotatable bonds is 4. The molecular weight excluding hydrogens is 335 g/mol. The van der Waals surface area contributed by atoms with Crippen molar-refractivity contribution in [3.05, 3.63) is 53.9 Å². The van der Waals surface area contributed by atoms with Crippen LogP contribution in [0.2, 0.25) is 0 Å². The summed E-state index contributed by atoms with van der Waals surface area (Å²) in [6, 6.07) is 6.17. The zero-order valence-corrected chi connectivity index (χ0v) is 13.4. The molecule has 0 aliphatic carbocycles. The molecule has 0 spiro atoms. The third-order valence-corrected chi connectivity index (χ3v) is 4.34. The summed E-state index contributed by atoms with van der Waals surface area (Å²) in [6.45, 7) is 0.376. The molecule has 1 aromatic carbocycles. The van der Waals surface area contributed by atoms with Crippen molar-refractivity contribution in [2.45, 2.75) is 37.7 Å². The molecule has 0 bridgehead atoms. The monoisotopic (exact) mass is 353 g/mol. The number of aliphatic hydroxyl groups is 1. The summed E-state index contributed by atoms with van der Waals surface area (Å²) >= 11 is 0. The molecule has 1 saturated heterocycles. The maximum atomic E-state index is 13.3. The summed E-state index contributed by atoms with van der Waals surface area (Å²) in [5.74, 6) is -0.297. The summed E-state index contributed by atoms with van der Waals surface area (Å²) in [5.41, 5.74) is -0.738. The molecule has 2 aromatic rings. The fraction of sp³-hybridized carbons (Fsp3) is 0.412. The van der Waals surface area contributed by atoms with Crippen molar-refractivity contribution in [1.82, 2.24) is 14.7 Å². The Bertz CT molecular complexity index is 731. The van der Waals surface area contributed by atoms with Gasteiger partial charge in [-0.3, -0.25) is 9.48 Å². The van der Waals surface area contributed by atoms with Gasteiger partial charge >= 0.3 is 6.18 Å². The Balaban J connectivity index is 1.81. The summed E-state index contributed by atoms with van der Waals surface area (Å²) in [4.78, 5) is 13.9. The average molecular weight is 353 g/mol. The summed E-state index contributed by atoms with van der Waals surface area (Å²) in [5, 5.41) is 13.9. The number of carbonyl (C=O) groups excluding carboxylic acids is 1. The third kappa shape index (κ3) is 3.84. The minimum absolute atomic E-state index is 0.0268. The van der Waals surface area contributed by atoms with E-state index >= 15 is 0 Å². The van der Waals surface area contributed by atoms with Crippen molar-refractivity contribution in [3.63, 3.8) is 0 Å². The van der Waals surface area contributed by atoms with E-state index in [0.717, 1.165) is 6.07 Å². The lowest BCUT2D eigenvalue weighted by Gasteiger charge is -2.27. The number of hydrogen-bond donors (Lipinski definition) is 1. The maximum Gasteiger partial charge on any atom is 0.416 e. The molecule has 3 rings (SSSR count). The van der Waals surface area contributed by atoms with Crippen molar-refractivity contribution >= 4 is 5.91 Å². The number of aryl methyl sites for hydroxylation is 1. The number of hydrogen-bond acceptors (Lipinski definition) is 3. The van der Waals surface area contributed by atoms with Crippen LogP contribution in [0, 0.1) is 0 Å². The van der Waals surface area contributed by atoms with E-state index in [0.29, 0.717) is 6.54 Å². The molecule has 0 saturated carbocycles. The van der Waals surface area contributed by atoms with Gasteiger partial charge in [-0.2, -0.15) is 18.3 Å². The van der Waals surface area contributed by atoms with Gasteiger partial charge in [0.2, 0.25) is 5.91 Å². The third-order valence-electron chi connectivity index (χ3n) is 4.34. The molecule has 25 heavy (non-hydrogen) atoms. The van der Waals surface area contributed by atoms with Gasteiger partial charge in [0.05, 0.1) is 17.7 Å². The molecule has 1 aromatic heterocycles. The first-order valence-corrected chi connectivity index (χ1v) is 7.97. The van der Waals surface area contributed by atoms with Crippen molar-refractivity contribution in [1.29, 1.82) is 0 Å². The van der Waals surface area contributed by atoms with Crippen molar-refractivity contribution in [3.8, 4) is 0 Å². The second-order valence-electron chi connectivity index (χ2n) is 6.06. The topological polar surface area (TPSA) is 58.4 Å². The smallest absolute Gasteiger partial charge is 0.391 e. The molecule has 2 heterocycles. The van der Waals surface area contributed by atoms with Crippen LogP contribution < -0.4 is 0 Å². The first-order chi connectivity index (χ1) is 11.9. The zero-order chi connectivity index (χ0) is 18.0. The van der Waals surface area contributed by atoms with Gasteiger partial charge in [0.15, 0.2) is 0 Å². The van der Waals surface area contributed by atoms with Gasteiger partial charge in [-0.1, -0.05) is 18.2 Å². The summed E-state index contributed by atoms with van der Waals surface area (Å²) < 4.78 is 41.4. The molecule has 1 N–H and O–H groups in total. The Morgan fingerprint density at radius 2 is 2.04 bits per heavy atom. The molecule has 1 aliphatic rings. The van der Waals surface area contributed by atoms with Crippen molar-refractivity contribution < 1.29 is 23.1 Å². The van der Waals surface area contributed by atoms with Crippen LogP contribution in [-0.4, -0.2) is 38.3 Å². The number of alkyl halides is 3. The van der Waals surface area contributed by atoms with Gasteiger partial charge in [0, 0.05) is 31.9 Å². The Kier molecular flexibility index (Phi) is 4.80. The number of aromatic nitrogens is 2. The number of β-amino-alcohol motifs (C(OH)–C–C–N with tert-alkyl or cyclic N) is 1. The number of likely N-dealkylation sites (tertiary alicyclic amines) is 1. The first kappa shape index (κ1) is 17.5. The molecule has 1 fully saturated rings. The van der Waals surface area contributed by atoms with E-state index in [-0.39, 0.29) is 30.9 Å². The highest BCUT2D eigenvalue weighted by Gasteiger charge is 2.41. The van der Waals surface area contributed by atoms with Crippen LogP contribution in [0.1, 0.15) is 30.0 Å². The number of halogens is 3. The SMILES string of the molecule is O=C(CCn1cccn1)N1CC(O)CC1c1ccccc1C(F)(F)F. The molecule has 1 amide bonds. The Morgan fingerprint density at radius 1 is 1.28 bits per heavy atom. The van der Waals surface area contributed by atoms with Crippen molar-refractivity contribution in [2.75, 3.05) is 6.54 Å². The lowest BCUT2D eigenvalue weighted by atomic mass is 9.97. The van der Waals surface area contributed by atoms with Gasteiger partial charge in [-0.15, -0.1) is 0 Å². The van der Waals surface area contributed by atoms with Crippen LogP contribution in [0.5, 0.6) is 0 Å². The number of aliphatic hydroxyl groups excluding tert-OH is 1. The zero-order valence-electron chi connectivity index (χ0n) is 13.4. The molecule has 1 aliphatic heterocycles. The van der Waals surface area contributed by atoms with Gasteiger partial charge in [0.25, 0.3) is 0 Å². The number of nitrogens with zero attached hydrogens (tertiary/aromatic N) is 3. The standard InChI is InChI=1S/C17H18F3N3O2/c18-17(19,20)14-5-2-1-4-13(14)15-10-12(24)11-23(15)16(25)6-9-22-8-3-7-21-22/h1-5,7-8,12,15,24H,6,9-11H2. The second kappa shape index (κ2) is 6.87. The molecule has 8 heteroatoms. The molecular formula is C17H18F3N3O2. The second-order valence-corrected chi connectivity index (χ2v) is 6.06. The molecule has 2 atom stereocenters. The van der Waals surface area contributed by atoms with Gasteiger partial charge in [0.1, 0.15) is 0 Å². The van der Waals surface area contributed by atoms with Crippen LogP contribution in [0.15, 0.2) is 42.7 Å². The molecule has 134 valence electrons. The minimum Gasteiger partial charge on any atom is -0.391 e. The van der Waals surface area contributed by atoms with Crippen LogP contribution in [-0.2, 0) is 17.5 Å². The predicted molar refractivity (Wildman–Crippen MR) is 83.4 cm³/mol. The average Bonchev–Trinajstić information content (AvgIpc) is 3.21. The van der Waals surface area contributed by atoms with Crippen LogP contribution in [0.25, 0.3) is 0 Å². The minimum atomic E-state index is -4.51. The Hall–Kier alpha value is -2.35. The van der Waals surface area contributed by atoms with Gasteiger partial charge in [-0.25, -0.2) is 0 Å². The highest BCUT2D eigenvalue weighted by Crippen LogP contribution is 2.40. The van der Waals surface area contributed by atoms with E-state index in [4.69, 9.17) is 0 Å².